The molecule has 3 nitrogen and oxygen atoms in total. The highest BCUT2D eigenvalue weighted by Gasteiger charge is 2.21. The Hall–Kier alpha value is -0.540. The summed E-state index contributed by atoms with van der Waals surface area (Å²) in [6.45, 7) is 0. The van der Waals surface area contributed by atoms with Gasteiger partial charge in [-0.2, -0.15) is 0 Å². The molecule has 2 unspecified atom stereocenters. The van der Waals surface area contributed by atoms with Crippen LogP contribution in [0.15, 0.2) is 12.0 Å². The Morgan fingerprint density at radius 3 is 3.00 bits per heavy atom. The maximum absolute atomic E-state index is 5.85. The molecule has 0 spiro atoms. The molecule has 2 rings (SSSR count). The summed E-state index contributed by atoms with van der Waals surface area (Å²) < 4.78 is 5.00. The van der Waals surface area contributed by atoms with Gasteiger partial charge in [0.2, 0.25) is 0 Å². The average Bonchev–Trinajstić information content (AvgIpc) is 2.80. The second-order valence-electron chi connectivity index (χ2n) is 3.66. The van der Waals surface area contributed by atoms with Gasteiger partial charge in [-0.05, 0) is 12.8 Å². The second-order valence-corrected chi connectivity index (χ2v) is 3.66. The number of nitrogens with two attached hydrogens (primary N) is 1. The SMILES string of the molecule is NC1CCCCC(CC2=CO2)N1. The van der Waals surface area contributed by atoms with E-state index in [4.69, 9.17) is 10.5 Å². The summed E-state index contributed by atoms with van der Waals surface area (Å²) in [5.41, 5.74) is 5.85. The molecule has 2 heterocycles. The molecule has 1 fully saturated rings. The molecule has 0 aromatic rings. The van der Waals surface area contributed by atoms with Crippen molar-refractivity contribution in [3.63, 3.8) is 0 Å². The van der Waals surface area contributed by atoms with E-state index < -0.39 is 0 Å². The van der Waals surface area contributed by atoms with E-state index in [9.17, 15) is 0 Å². The molecule has 0 saturated carbocycles. The van der Waals surface area contributed by atoms with E-state index in [1.807, 2.05) is 6.26 Å². The lowest BCUT2D eigenvalue weighted by molar-refractivity contribution is 0.398. The van der Waals surface area contributed by atoms with Crippen molar-refractivity contribution in [3.8, 4) is 0 Å². The molecule has 0 radical (unpaired) electrons. The molecule has 2 aliphatic rings. The number of ether oxygens (including phenoxy) is 1. The fourth-order valence-electron chi connectivity index (χ4n) is 1.77. The molecule has 2 atom stereocenters. The second kappa shape index (κ2) is 3.46. The summed E-state index contributed by atoms with van der Waals surface area (Å²) >= 11 is 0. The highest BCUT2D eigenvalue weighted by Crippen LogP contribution is 2.23. The largest absolute Gasteiger partial charge is 0.463 e. The minimum Gasteiger partial charge on any atom is -0.463 e. The van der Waals surface area contributed by atoms with E-state index in [0.29, 0.717) is 6.04 Å². The van der Waals surface area contributed by atoms with Crippen molar-refractivity contribution in [2.75, 3.05) is 0 Å². The van der Waals surface area contributed by atoms with E-state index in [0.717, 1.165) is 18.6 Å². The minimum absolute atomic E-state index is 0.192. The fourth-order valence-corrected chi connectivity index (χ4v) is 1.77. The first kappa shape index (κ1) is 8.08. The molecule has 0 amide bonds. The number of nitrogens with one attached hydrogen (secondary N) is 1. The number of hydrogen-bond acceptors (Lipinski definition) is 3. The smallest absolute Gasteiger partial charge is 0.140 e. The van der Waals surface area contributed by atoms with Crippen molar-refractivity contribution in [2.24, 2.45) is 5.73 Å². The first-order valence-electron chi connectivity index (χ1n) is 4.72. The monoisotopic (exact) mass is 168 g/mol. The van der Waals surface area contributed by atoms with Gasteiger partial charge in [0.15, 0.2) is 0 Å². The maximum atomic E-state index is 5.85. The Kier molecular flexibility index (Phi) is 2.33. The Bertz CT molecular complexity index is 191. The van der Waals surface area contributed by atoms with E-state index in [2.05, 4.69) is 5.32 Å². The van der Waals surface area contributed by atoms with Crippen molar-refractivity contribution >= 4 is 0 Å². The topological polar surface area (TPSA) is 50.6 Å². The number of rotatable bonds is 2. The molecule has 3 N–H and O–H groups in total. The van der Waals surface area contributed by atoms with Crippen LogP contribution in [0.1, 0.15) is 32.1 Å². The van der Waals surface area contributed by atoms with Gasteiger partial charge in [-0.25, -0.2) is 0 Å². The molecule has 0 aliphatic carbocycles. The van der Waals surface area contributed by atoms with Crippen LogP contribution < -0.4 is 11.1 Å². The van der Waals surface area contributed by atoms with Crippen LogP contribution in [0.3, 0.4) is 0 Å². The first-order valence-corrected chi connectivity index (χ1v) is 4.72. The zero-order valence-corrected chi connectivity index (χ0v) is 7.25. The van der Waals surface area contributed by atoms with Crippen LogP contribution >= 0.6 is 0 Å². The van der Waals surface area contributed by atoms with Crippen LogP contribution in [0.5, 0.6) is 0 Å². The quantitative estimate of drug-likeness (QED) is 0.648. The zero-order chi connectivity index (χ0) is 8.39. The molecule has 0 aromatic heterocycles. The Balaban J connectivity index is 1.81. The van der Waals surface area contributed by atoms with Crippen molar-refractivity contribution in [2.45, 2.75) is 44.3 Å². The van der Waals surface area contributed by atoms with Crippen LogP contribution in [0.25, 0.3) is 0 Å². The van der Waals surface area contributed by atoms with E-state index in [-0.39, 0.29) is 6.17 Å². The van der Waals surface area contributed by atoms with Crippen LogP contribution in [-0.4, -0.2) is 12.2 Å². The molecule has 12 heavy (non-hydrogen) atoms. The first-order chi connectivity index (χ1) is 5.84. The van der Waals surface area contributed by atoms with Crippen LogP contribution in [0.2, 0.25) is 0 Å². The zero-order valence-electron chi connectivity index (χ0n) is 7.25. The van der Waals surface area contributed by atoms with Crippen molar-refractivity contribution in [1.82, 2.24) is 5.32 Å². The van der Waals surface area contributed by atoms with E-state index >= 15 is 0 Å². The van der Waals surface area contributed by atoms with Gasteiger partial charge in [0.1, 0.15) is 12.0 Å². The molecule has 68 valence electrons. The van der Waals surface area contributed by atoms with Crippen LogP contribution in [0, 0.1) is 0 Å². The maximum Gasteiger partial charge on any atom is 0.140 e. The summed E-state index contributed by atoms with van der Waals surface area (Å²) in [7, 11) is 0. The molecule has 0 bridgehead atoms. The van der Waals surface area contributed by atoms with Gasteiger partial charge in [0.25, 0.3) is 0 Å². The Morgan fingerprint density at radius 2 is 2.25 bits per heavy atom. The average molecular weight is 168 g/mol. The van der Waals surface area contributed by atoms with Gasteiger partial charge in [-0.15, -0.1) is 0 Å². The molecule has 2 aliphatic heterocycles. The summed E-state index contributed by atoms with van der Waals surface area (Å²) in [5.74, 6) is 1.13. The lowest BCUT2D eigenvalue weighted by Gasteiger charge is -2.17. The Morgan fingerprint density at radius 1 is 1.50 bits per heavy atom. The summed E-state index contributed by atoms with van der Waals surface area (Å²) in [6.07, 6.45) is 7.91. The molecule has 0 aromatic carbocycles. The summed E-state index contributed by atoms with van der Waals surface area (Å²) in [5, 5.41) is 3.41. The predicted molar refractivity (Wildman–Crippen MR) is 47.2 cm³/mol. The summed E-state index contributed by atoms with van der Waals surface area (Å²) in [4.78, 5) is 0. The van der Waals surface area contributed by atoms with Crippen LogP contribution in [-0.2, 0) is 4.74 Å². The fraction of sp³-hybridized carbons (Fsp3) is 0.778. The molecule has 1 saturated heterocycles. The Labute approximate surface area is 73.0 Å². The van der Waals surface area contributed by atoms with Crippen molar-refractivity contribution < 1.29 is 4.74 Å². The van der Waals surface area contributed by atoms with Gasteiger partial charge in [0, 0.05) is 12.5 Å². The van der Waals surface area contributed by atoms with Crippen LogP contribution in [0.4, 0.5) is 0 Å². The predicted octanol–water partition coefficient (Wildman–Crippen LogP) is 1.07. The molecule has 3 heteroatoms. The normalized spacial score (nSPS) is 34.9. The van der Waals surface area contributed by atoms with Gasteiger partial charge < -0.3 is 10.5 Å². The number of hydrogen-bond donors (Lipinski definition) is 2. The van der Waals surface area contributed by atoms with Crippen molar-refractivity contribution in [1.29, 1.82) is 0 Å². The molecular weight excluding hydrogens is 152 g/mol. The third-order valence-electron chi connectivity index (χ3n) is 2.50. The van der Waals surface area contributed by atoms with Gasteiger partial charge in [-0.1, -0.05) is 12.8 Å². The lowest BCUT2D eigenvalue weighted by Crippen LogP contribution is -2.42. The lowest BCUT2D eigenvalue weighted by atomic mass is 10.1. The third kappa shape index (κ3) is 2.22. The van der Waals surface area contributed by atoms with E-state index in [1.54, 1.807) is 0 Å². The minimum atomic E-state index is 0.192. The highest BCUT2D eigenvalue weighted by molar-refractivity contribution is 5.05. The van der Waals surface area contributed by atoms with Gasteiger partial charge in [0.05, 0.1) is 6.17 Å². The van der Waals surface area contributed by atoms with Gasteiger partial charge in [-0.3, -0.25) is 5.32 Å². The van der Waals surface area contributed by atoms with E-state index in [1.165, 1.54) is 19.3 Å². The summed E-state index contributed by atoms with van der Waals surface area (Å²) in [6, 6.07) is 0.538. The highest BCUT2D eigenvalue weighted by atomic mass is 16.5. The third-order valence-corrected chi connectivity index (χ3v) is 2.50. The molecular formula is C9H16N2O. The van der Waals surface area contributed by atoms with Crippen molar-refractivity contribution in [3.05, 3.63) is 12.0 Å². The van der Waals surface area contributed by atoms with Gasteiger partial charge >= 0.3 is 0 Å². The standard InChI is InChI=1S/C9H16N2O/c10-9-4-2-1-3-7(11-9)5-8-6-12-8/h6-7,9,11H,1-5,10H2.